The molecule has 5 nitrogen and oxygen atoms in total. The Morgan fingerprint density at radius 3 is 2.63 bits per heavy atom. The van der Waals surface area contributed by atoms with Gasteiger partial charge in [0.2, 0.25) is 5.91 Å². The molecule has 1 aliphatic heterocycles. The van der Waals surface area contributed by atoms with Crippen LogP contribution in [0.4, 0.5) is 0 Å². The highest BCUT2D eigenvalue weighted by atomic mass is 16.2. The van der Waals surface area contributed by atoms with E-state index in [1.54, 1.807) is 13.0 Å². The Bertz CT molecular complexity index is 542. The minimum absolute atomic E-state index is 0.0139. The molecule has 19 heavy (non-hydrogen) atoms. The summed E-state index contributed by atoms with van der Waals surface area (Å²) in [6.45, 7) is 3.38. The Morgan fingerprint density at radius 1 is 1.32 bits per heavy atom. The normalized spacial score (nSPS) is 20.6. The van der Waals surface area contributed by atoms with Crippen molar-refractivity contribution < 1.29 is 4.79 Å². The van der Waals surface area contributed by atoms with E-state index in [1.165, 1.54) is 10.7 Å². The molecule has 3 rings (SSSR count). The van der Waals surface area contributed by atoms with E-state index in [0.29, 0.717) is 5.92 Å². The van der Waals surface area contributed by atoms with E-state index in [-0.39, 0.29) is 11.5 Å². The lowest BCUT2D eigenvalue weighted by Crippen LogP contribution is -2.38. The number of nitrogens with zero attached hydrogens (tertiary/aromatic N) is 3. The van der Waals surface area contributed by atoms with Crippen LogP contribution in [0, 0.1) is 0 Å². The predicted octanol–water partition coefficient (Wildman–Crippen LogP) is 1.30. The zero-order valence-corrected chi connectivity index (χ0v) is 11.2. The second-order valence-electron chi connectivity index (χ2n) is 5.52. The minimum Gasteiger partial charge on any atom is -0.341 e. The van der Waals surface area contributed by atoms with Crippen molar-refractivity contribution in [2.45, 2.75) is 44.6 Å². The van der Waals surface area contributed by atoms with E-state index in [2.05, 4.69) is 5.10 Å². The van der Waals surface area contributed by atoms with E-state index in [4.69, 9.17) is 0 Å². The van der Waals surface area contributed by atoms with Crippen molar-refractivity contribution in [3.63, 3.8) is 0 Å². The van der Waals surface area contributed by atoms with Gasteiger partial charge in [0.05, 0.1) is 5.69 Å². The Hall–Kier alpha value is -1.65. The third-order valence-electron chi connectivity index (χ3n) is 3.98. The second kappa shape index (κ2) is 4.79. The zero-order chi connectivity index (χ0) is 13.4. The zero-order valence-electron chi connectivity index (χ0n) is 11.2. The Balaban J connectivity index is 1.85. The van der Waals surface area contributed by atoms with Crippen molar-refractivity contribution in [3.8, 4) is 0 Å². The summed E-state index contributed by atoms with van der Waals surface area (Å²) in [6.07, 6.45) is 4.39. The van der Waals surface area contributed by atoms with Crippen LogP contribution in [0.3, 0.4) is 0 Å². The van der Waals surface area contributed by atoms with Gasteiger partial charge < -0.3 is 4.90 Å². The molecule has 0 bridgehead atoms. The van der Waals surface area contributed by atoms with Crippen LogP contribution >= 0.6 is 0 Å². The van der Waals surface area contributed by atoms with Gasteiger partial charge in [0.15, 0.2) is 0 Å². The smallest absolute Gasteiger partial charge is 0.267 e. The molecule has 1 atom stereocenters. The molecule has 1 aliphatic carbocycles. The maximum atomic E-state index is 12.3. The van der Waals surface area contributed by atoms with Gasteiger partial charge in [-0.2, -0.15) is 5.10 Å². The van der Waals surface area contributed by atoms with Gasteiger partial charge in [-0.3, -0.25) is 9.59 Å². The summed E-state index contributed by atoms with van der Waals surface area (Å²) < 4.78 is 1.36. The molecule has 1 saturated heterocycles. The van der Waals surface area contributed by atoms with Gasteiger partial charge in [0, 0.05) is 25.1 Å². The van der Waals surface area contributed by atoms with Crippen LogP contribution in [-0.2, 0) is 4.79 Å². The third-order valence-corrected chi connectivity index (χ3v) is 3.98. The molecule has 2 aliphatic rings. The molecule has 102 valence electrons. The standard InChI is InChI=1S/C14H19N3O2/c1-10(14(19)16-8-2-3-9-16)17-13(18)7-6-12(15-17)11-4-5-11/h6-7,10-11H,2-5,8-9H2,1H3. The largest absolute Gasteiger partial charge is 0.341 e. The predicted molar refractivity (Wildman–Crippen MR) is 71.0 cm³/mol. The lowest BCUT2D eigenvalue weighted by Gasteiger charge is -2.21. The maximum absolute atomic E-state index is 12.3. The van der Waals surface area contributed by atoms with E-state index in [1.807, 2.05) is 4.90 Å². The molecule has 0 aromatic carbocycles. The topological polar surface area (TPSA) is 55.2 Å². The number of likely N-dealkylation sites (tertiary alicyclic amines) is 1. The summed E-state index contributed by atoms with van der Waals surface area (Å²) in [4.78, 5) is 26.1. The van der Waals surface area contributed by atoms with Crippen molar-refractivity contribution in [1.29, 1.82) is 0 Å². The van der Waals surface area contributed by atoms with Crippen molar-refractivity contribution in [3.05, 3.63) is 28.2 Å². The SMILES string of the molecule is CC(C(=O)N1CCCC1)n1nc(C2CC2)ccc1=O. The Morgan fingerprint density at radius 2 is 2.00 bits per heavy atom. The fourth-order valence-corrected chi connectivity index (χ4v) is 2.62. The summed E-state index contributed by atoms with van der Waals surface area (Å²) in [5, 5.41) is 4.38. The summed E-state index contributed by atoms with van der Waals surface area (Å²) in [7, 11) is 0. The number of amides is 1. The van der Waals surface area contributed by atoms with Crippen molar-refractivity contribution in [2.24, 2.45) is 0 Å². The van der Waals surface area contributed by atoms with Crippen LogP contribution in [-0.4, -0.2) is 33.7 Å². The highest BCUT2D eigenvalue weighted by Crippen LogP contribution is 2.38. The van der Waals surface area contributed by atoms with Gasteiger partial charge in [0.1, 0.15) is 6.04 Å². The summed E-state index contributed by atoms with van der Waals surface area (Å²) in [5.74, 6) is 0.501. The van der Waals surface area contributed by atoms with Crippen LogP contribution in [0.5, 0.6) is 0 Å². The lowest BCUT2D eigenvalue weighted by atomic mass is 10.2. The van der Waals surface area contributed by atoms with Gasteiger partial charge in [-0.25, -0.2) is 4.68 Å². The van der Waals surface area contributed by atoms with Crippen molar-refractivity contribution in [2.75, 3.05) is 13.1 Å². The number of carbonyl (C=O) groups excluding carboxylic acids is 1. The van der Waals surface area contributed by atoms with Gasteiger partial charge in [-0.15, -0.1) is 0 Å². The highest BCUT2D eigenvalue weighted by molar-refractivity contribution is 5.80. The maximum Gasteiger partial charge on any atom is 0.267 e. The van der Waals surface area contributed by atoms with Crippen LogP contribution < -0.4 is 5.56 Å². The fourth-order valence-electron chi connectivity index (χ4n) is 2.62. The van der Waals surface area contributed by atoms with Gasteiger partial charge in [0.25, 0.3) is 5.56 Å². The molecule has 5 heteroatoms. The number of hydrogen-bond donors (Lipinski definition) is 0. The van der Waals surface area contributed by atoms with Crippen LogP contribution in [0.1, 0.15) is 50.3 Å². The van der Waals surface area contributed by atoms with Gasteiger partial charge in [-0.05, 0) is 38.7 Å². The Labute approximate surface area is 112 Å². The van der Waals surface area contributed by atoms with E-state index < -0.39 is 6.04 Å². The average Bonchev–Trinajstić information content (AvgIpc) is 3.12. The molecule has 2 heterocycles. The summed E-state index contributed by atoms with van der Waals surface area (Å²) in [5.41, 5.74) is 0.755. The molecule has 1 unspecified atom stereocenters. The number of carbonyl (C=O) groups is 1. The van der Waals surface area contributed by atoms with Crippen molar-refractivity contribution in [1.82, 2.24) is 14.7 Å². The first-order chi connectivity index (χ1) is 9.16. The monoisotopic (exact) mass is 261 g/mol. The summed E-state index contributed by atoms with van der Waals surface area (Å²) in [6, 6.07) is 2.84. The summed E-state index contributed by atoms with van der Waals surface area (Å²) >= 11 is 0. The van der Waals surface area contributed by atoms with Gasteiger partial charge in [-0.1, -0.05) is 0 Å². The van der Waals surface area contributed by atoms with Crippen molar-refractivity contribution >= 4 is 5.91 Å². The molecule has 1 amide bonds. The first kappa shape index (κ1) is 12.4. The fraction of sp³-hybridized carbons (Fsp3) is 0.643. The first-order valence-electron chi connectivity index (χ1n) is 7.05. The van der Waals surface area contributed by atoms with Crippen LogP contribution in [0.15, 0.2) is 16.9 Å². The number of rotatable bonds is 3. The molecule has 0 N–H and O–H groups in total. The molecular formula is C14H19N3O2. The quantitative estimate of drug-likeness (QED) is 0.824. The van der Waals surface area contributed by atoms with E-state index in [0.717, 1.165) is 44.5 Å². The average molecular weight is 261 g/mol. The second-order valence-corrected chi connectivity index (χ2v) is 5.52. The Kier molecular flexibility index (Phi) is 3.12. The lowest BCUT2D eigenvalue weighted by molar-refractivity contribution is -0.133. The third kappa shape index (κ3) is 2.41. The van der Waals surface area contributed by atoms with Crippen LogP contribution in [0.2, 0.25) is 0 Å². The van der Waals surface area contributed by atoms with E-state index >= 15 is 0 Å². The minimum atomic E-state index is -0.496. The highest BCUT2D eigenvalue weighted by Gasteiger charge is 2.29. The molecular weight excluding hydrogens is 242 g/mol. The van der Waals surface area contributed by atoms with Crippen LogP contribution in [0.25, 0.3) is 0 Å². The molecule has 2 fully saturated rings. The number of hydrogen-bond acceptors (Lipinski definition) is 3. The molecule has 1 aromatic heterocycles. The van der Waals surface area contributed by atoms with E-state index in [9.17, 15) is 9.59 Å². The first-order valence-corrected chi connectivity index (χ1v) is 7.05. The van der Waals surface area contributed by atoms with Gasteiger partial charge >= 0.3 is 0 Å². The molecule has 0 spiro atoms. The molecule has 1 aromatic rings. The number of aromatic nitrogens is 2. The molecule has 1 saturated carbocycles. The molecule has 0 radical (unpaired) electrons.